The highest BCUT2D eigenvalue weighted by molar-refractivity contribution is 5.83. The lowest BCUT2D eigenvalue weighted by Crippen LogP contribution is -2.38. The Bertz CT molecular complexity index is 975. The van der Waals surface area contributed by atoms with Gasteiger partial charge in [-0.15, -0.1) is 0 Å². The molecule has 0 spiro atoms. The van der Waals surface area contributed by atoms with Crippen LogP contribution >= 0.6 is 0 Å². The maximum Gasteiger partial charge on any atom is 0.194 e. The van der Waals surface area contributed by atoms with Crippen LogP contribution in [-0.2, 0) is 6.54 Å². The van der Waals surface area contributed by atoms with Gasteiger partial charge in [-0.05, 0) is 50.9 Å². The monoisotopic (exact) mass is 346 g/mol. The molecule has 0 radical (unpaired) electrons. The Labute approximate surface area is 154 Å². The SMILES string of the molecule is Cc1ccc2[nH]c(-c3ccccc3)c(CN3CCCC[C@H]3C)c(=O)c2c1. The van der Waals surface area contributed by atoms with Crippen molar-refractivity contribution in [3.8, 4) is 11.3 Å². The number of piperidine rings is 1. The summed E-state index contributed by atoms with van der Waals surface area (Å²) in [5.41, 5.74) is 5.13. The zero-order valence-corrected chi connectivity index (χ0v) is 15.6. The molecule has 0 bridgehead atoms. The van der Waals surface area contributed by atoms with E-state index >= 15 is 0 Å². The second-order valence-electron chi connectivity index (χ2n) is 7.54. The van der Waals surface area contributed by atoms with Gasteiger partial charge < -0.3 is 4.98 Å². The average Bonchev–Trinajstić information content (AvgIpc) is 2.66. The van der Waals surface area contributed by atoms with Crippen LogP contribution in [0.4, 0.5) is 0 Å². The van der Waals surface area contributed by atoms with Gasteiger partial charge in [-0.3, -0.25) is 9.69 Å². The highest BCUT2D eigenvalue weighted by atomic mass is 16.1. The quantitative estimate of drug-likeness (QED) is 0.734. The first-order chi connectivity index (χ1) is 12.6. The molecular formula is C23H26N2O. The van der Waals surface area contributed by atoms with Gasteiger partial charge in [-0.25, -0.2) is 0 Å². The van der Waals surface area contributed by atoms with Crippen LogP contribution in [-0.4, -0.2) is 22.5 Å². The first kappa shape index (κ1) is 17.0. The highest BCUT2D eigenvalue weighted by Gasteiger charge is 2.22. The topological polar surface area (TPSA) is 36.1 Å². The third-order valence-electron chi connectivity index (χ3n) is 5.62. The minimum absolute atomic E-state index is 0.166. The van der Waals surface area contributed by atoms with E-state index in [9.17, 15) is 4.79 Å². The van der Waals surface area contributed by atoms with Crippen molar-refractivity contribution in [1.82, 2.24) is 9.88 Å². The number of benzene rings is 2. The molecule has 1 aliphatic heterocycles. The Morgan fingerprint density at radius 3 is 2.69 bits per heavy atom. The van der Waals surface area contributed by atoms with Gasteiger partial charge in [0.2, 0.25) is 0 Å². The first-order valence-electron chi connectivity index (χ1n) is 9.58. The van der Waals surface area contributed by atoms with Gasteiger partial charge in [0.15, 0.2) is 5.43 Å². The maximum absolute atomic E-state index is 13.4. The number of hydrogen-bond donors (Lipinski definition) is 1. The van der Waals surface area contributed by atoms with Crippen molar-refractivity contribution in [2.75, 3.05) is 6.54 Å². The van der Waals surface area contributed by atoms with Gasteiger partial charge in [0.05, 0.1) is 5.69 Å². The van der Waals surface area contributed by atoms with Crippen LogP contribution in [0, 0.1) is 6.92 Å². The van der Waals surface area contributed by atoms with E-state index < -0.39 is 0 Å². The molecule has 3 nitrogen and oxygen atoms in total. The number of aromatic nitrogens is 1. The van der Waals surface area contributed by atoms with Crippen molar-refractivity contribution in [3.05, 3.63) is 69.9 Å². The summed E-state index contributed by atoms with van der Waals surface area (Å²) in [4.78, 5) is 19.4. The van der Waals surface area contributed by atoms with Gasteiger partial charge in [0.25, 0.3) is 0 Å². The molecule has 1 saturated heterocycles. The van der Waals surface area contributed by atoms with E-state index in [1.54, 1.807) is 0 Å². The van der Waals surface area contributed by atoms with E-state index in [-0.39, 0.29) is 5.43 Å². The summed E-state index contributed by atoms with van der Waals surface area (Å²) in [6.07, 6.45) is 3.72. The number of hydrogen-bond acceptors (Lipinski definition) is 2. The number of likely N-dealkylation sites (tertiary alicyclic amines) is 1. The van der Waals surface area contributed by atoms with E-state index in [0.717, 1.165) is 39.8 Å². The Balaban J connectivity index is 1.90. The number of nitrogens with one attached hydrogen (secondary N) is 1. The molecule has 2 heterocycles. The lowest BCUT2D eigenvalue weighted by atomic mass is 9.98. The smallest absolute Gasteiger partial charge is 0.194 e. The molecule has 4 rings (SSSR count). The fourth-order valence-corrected chi connectivity index (χ4v) is 4.04. The standard InChI is InChI=1S/C23H26N2O/c1-16-11-12-21-19(14-16)23(26)20(15-25-13-7-6-8-17(25)2)22(24-21)18-9-4-3-5-10-18/h3-5,9-12,14,17H,6-8,13,15H2,1-2H3,(H,24,26)/t17-/m1/s1. The van der Waals surface area contributed by atoms with Crippen molar-refractivity contribution >= 4 is 10.9 Å². The van der Waals surface area contributed by atoms with Crippen molar-refractivity contribution in [2.24, 2.45) is 0 Å². The van der Waals surface area contributed by atoms with Crippen LogP contribution in [0.15, 0.2) is 53.3 Å². The molecule has 1 fully saturated rings. The van der Waals surface area contributed by atoms with Gasteiger partial charge in [0.1, 0.15) is 0 Å². The second-order valence-corrected chi connectivity index (χ2v) is 7.54. The van der Waals surface area contributed by atoms with Crippen LogP contribution in [0.1, 0.15) is 37.3 Å². The van der Waals surface area contributed by atoms with Gasteiger partial charge in [-0.1, -0.05) is 48.4 Å². The summed E-state index contributed by atoms with van der Waals surface area (Å²) in [5, 5.41) is 0.796. The number of pyridine rings is 1. The summed E-state index contributed by atoms with van der Waals surface area (Å²) in [6, 6.07) is 16.8. The predicted molar refractivity (Wildman–Crippen MR) is 108 cm³/mol. The van der Waals surface area contributed by atoms with E-state index in [4.69, 9.17) is 0 Å². The molecule has 0 aliphatic carbocycles. The van der Waals surface area contributed by atoms with E-state index in [1.807, 2.05) is 37.3 Å². The minimum Gasteiger partial charge on any atom is -0.354 e. The van der Waals surface area contributed by atoms with Crippen LogP contribution in [0.2, 0.25) is 0 Å². The molecule has 3 aromatic rings. The highest BCUT2D eigenvalue weighted by Crippen LogP contribution is 2.26. The number of H-pyrrole nitrogens is 1. The maximum atomic E-state index is 13.4. The fraction of sp³-hybridized carbons (Fsp3) is 0.348. The largest absolute Gasteiger partial charge is 0.354 e. The van der Waals surface area contributed by atoms with Crippen molar-refractivity contribution in [1.29, 1.82) is 0 Å². The molecule has 0 unspecified atom stereocenters. The zero-order chi connectivity index (χ0) is 18.1. The molecular weight excluding hydrogens is 320 g/mol. The molecule has 26 heavy (non-hydrogen) atoms. The van der Waals surface area contributed by atoms with Gasteiger partial charge in [-0.2, -0.15) is 0 Å². The Hall–Kier alpha value is -2.39. The molecule has 2 aromatic carbocycles. The number of rotatable bonds is 3. The van der Waals surface area contributed by atoms with Crippen LogP contribution < -0.4 is 5.43 Å². The number of nitrogens with zero attached hydrogens (tertiary/aromatic N) is 1. The summed E-state index contributed by atoms with van der Waals surface area (Å²) < 4.78 is 0. The Morgan fingerprint density at radius 1 is 1.12 bits per heavy atom. The summed E-state index contributed by atoms with van der Waals surface area (Å²) in [6.45, 7) is 6.10. The molecule has 1 atom stereocenters. The summed E-state index contributed by atoms with van der Waals surface area (Å²) >= 11 is 0. The molecule has 1 N–H and O–H groups in total. The second kappa shape index (κ2) is 7.08. The molecule has 0 amide bonds. The van der Waals surface area contributed by atoms with Gasteiger partial charge >= 0.3 is 0 Å². The molecule has 134 valence electrons. The molecule has 3 heteroatoms. The van der Waals surface area contributed by atoms with Crippen molar-refractivity contribution in [3.63, 3.8) is 0 Å². The van der Waals surface area contributed by atoms with E-state index in [0.29, 0.717) is 12.6 Å². The summed E-state index contributed by atoms with van der Waals surface area (Å²) in [5.74, 6) is 0. The average molecular weight is 346 g/mol. The number of fused-ring (bicyclic) bond motifs is 1. The third-order valence-corrected chi connectivity index (χ3v) is 5.62. The Morgan fingerprint density at radius 2 is 1.92 bits per heavy atom. The van der Waals surface area contributed by atoms with Crippen LogP contribution in [0.5, 0.6) is 0 Å². The first-order valence-corrected chi connectivity index (χ1v) is 9.58. The minimum atomic E-state index is 0.166. The number of aromatic amines is 1. The molecule has 0 saturated carbocycles. The molecule has 1 aromatic heterocycles. The van der Waals surface area contributed by atoms with Crippen molar-refractivity contribution in [2.45, 2.75) is 45.7 Å². The van der Waals surface area contributed by atoms with Crippen LogP contribution in [0.3, 0.4) is 0 Å². The number of aryl methyl sites for hydroxylation is 1. The van der Waals surface area contributed by atoms with E-state index in [2.05, 4.69) is 35.0 Å². The summed E-state index contributed by atoms with van der Waals surface area (Å²) in [7, 11) is 0. The predicted octanol–water partition coefficient (Wildman–Crippen LogP) is 4.88. The third kappa shape index (κ3) is 3.19. The fourth-order valence-electron chi connectivity index (χ4n) is 4.04. The normalized spacial score (nSPS) is 18.3. The van der Waals surface area contributed by atoms with E-state index in [1.165, 1.54) is 19.3 Å². The lowest BCUT2D eigenvalue weighted by Gasteiger charge is -2.33. The van der Waals surface area contributed by atoms with Crippen LogP contribution in [0.25, 0.3) is 22.2 Å². The zero-order valence-electron chi connectivity index (χ0n) is 15.6. The van der Waals surface area contributed by atoms with Gasteiger partial charge in [0, 0.05) is 29.1 Å². The Kier molecular flexibility index (Phi) is 4.64. The van der Waals surface area contributed by atoms with Crippen molar-refractivity contribution < 1.29 is 0 Å². The molecule has 1 aliphatic rings. The lowest BCUT2D eigenvalue weighted by molar-refractivity contribution is 0.152.